The molecular formula is C43H48O14. The third-order valence-electron chi connectivity index (χ3n) is 6.57. The first-order valence-electron chi connectivity index (χ1n) is 16.9. The maximum Gasteiger partial charge on any atom is 0.338 e. The minimum absolute atomic E-state index is 0.0451. The van der Waals surface area contributed by atoms with E-state index >= 15 is 0 Å². The second-order valence-electron chi connectivity index (χ2n) is 12.0. The van der Waals surface area contributed by atoms with Gasteiger partial charge in [-0.1, -0.05) is 105 Å². The monoisotopic (exact) mass is 788 g/mol. The van der Waals surface area contributed by atoms with Crippen molar-refractivity contribution in [3.05, 3.63) is 179 Å². The Bertz CT molecular complexity index is 1630. The molecule has 0 saturated carbocycles. The van der Waals surface area contributed by atoms with Crippen molar-refractivity contribution < 1.29 is 69.6 Å². The highest BCUT2D eigenvalue weighted by Gasteiger charge is 2.13. The molecule has 0 spiro atoms. The lowest BCUT2D eigenvalue weighted by molar-refractivity contribution is 0.00931. The third-order valence-corrected chi connectivity index (χ3v) is 6.57. The molecule has 5 aromatic carbocycles. The van der Waals surface area contributed by atoms with Crippen LogP contribution in [-0.2, 0) is 4.74 Å². The molecule has 0 aromatic heterocycles. The largest absolute Gasteiger partial charge is 0.478 e. The molecule has 0 radical (unpaired) electrons. The number of carboxylic acid groups (broad SMARTS) is 4. The number of carbonyl (C=O) groups excluding carboxylic acids is 1. The fourth-order valence-electron chi connectivity index (χ4n) is 3.26. The number of aliphatic hydroxyl groups is 4. The molecule has 0 bridgehead atoms. The van der Waals surface area contributed by atoms with E-state index in [2.05, 4.69) is 0 Å². The van der Waals surface area contributed by atoms with Gasteiger partial charge in [-0.15, -0.1) is 0 Å². The van der Waals surface area contributed by atoms with Gasteiger partial charge in [0, 0.05) is 5.41 Å². The van der Waals surface area contributed by atoms with Crippen LogP contribution >= 0.6 is 0 Å². The third kappa shape index (κ3) is 25.1. The van der Waals surface area contributed by atoms with Crippen LogP contribution in [0.2, 0.25) is 0 Å². The lowest BCUT2D eigenvalue weighted by atomic mass is 9.97. The first-order valence-corrected chi connectivity index (χ1v) is 16.9. The minimum atomic E-state index is -1.01. The van der Waals surface area contributed by atoms with Gasteiger partial charge in [-0.25, -0.2) is 24.0 Å². The highest BCUT2D eigenvalue weighted by Crippen LogP contribution is 2.10. The van der Waals surface area contributed by atoms with Crippen molar-refractivity contribution in [3.63, 3.8) is 0 Å². The molecule has 14 nitrogen and oxygen atoms in total. The van der Waals surface area contributed by atoms with Gasteiger partial charge in [0.05, 0.1) is 47.6 Å². The van der Waals surface area contributed by atoms with Crippen LogP contribution in [0.5, 0.6) is 0 Å². The van der Waals surface area contributed by atoms with Crippen molar-refractivity contribution in [1.29, 1.82) is 0 Å². The molecule has 0 saturated heterocycles. The van der Waals surface area contributed by atoms with Crippen LogP contribution in [0.4, 0.5) is 0 Å². The zero-order valence-corrected chi connectivity index (χ0v) is 31.4. The van der Waals surface area contributed by atoms with Gasteiger partial charge in [0.2, 0.25) is 0 Å². The van der Waals surface area contributed by atoms with Gasteiger partial charge in [0.1, 0.15) is 12.7 Å². The van der Waals surface area contributed by atoms with E-state index in [0.29, 0.717) is 27.8 Å². The zero-order valence-electron chi connectivity index (χ0n) is 31.4. The Morgan fingerprint density at radius 1 is 0.456 bits per heavy atom. The van der Waals surface area contributed by atoms with E-state index < -0.39 is 42.6 Å². The van der Waals surface area contributed by atoms with Crippen LogP contribution in [0, 0.1) is 5.41 Å². The Balaban J connectivity index is 0.000000670. The number of rotatable bonds is 10. The van der Waals surface area contributed by atoms with Gasteiger partial charge >= 0.3 is 29.8 Å². The van der Waals surface area contributed by atoms with Crippen LogP contribution in [0.15, 0.2) is 152 Å². The number of carbonyl (C=O) groups is 5. The van der Waals surface area contributed by atoms with Crippen molar-refractivity contribution in [2.45, 2.75) is 20.0 Å². The first-order chi connectivity index (χ1) is 27.1. The van der Waals surface area contributed by atoms with Crippen molar-refractivity contribution in [1.82, 2.24) is 0 Å². The van der Waals surface area contributed by atoms with E-state index in [1.807, 2.05) is 0 Å². The van der Waals surface area contributed by atoms with Gasteiger partial charge in [0.25, 0.3) is 0 Å². The topological polar surface area (TPSA) is 256 Å². The van der Waals surface area contributed by atoms with Gasteiger partial charge in [0.15, 0.2) is 0 Å². The molecule has 0 heterocycles. The lowest BCUT2D eigenvalue weighted by Crippen LogP contribution is -2.21. The summed E-state index contributed by atoms with van der Waals surface area (Å²) in [4.78, 5) is 52.1. The Morgan fingerprint density at radius 2 is 0.684 bits per heavy atom. The summed E-state index contributed by atoms with van der Waals surface area (Å²) in [7, 11) is 0. The summed E-state index contributed by atoms with van der Waals surface area (Å²) in [5.41, 5.74) is 1.45. The number of benzene rings is 5. The summed E-state index contributed by atoms with van der Waals surface area (Å²) in [5.74, 6) is -4.02. The summed E-state index contributed by atoms with van der Waals surface area (Å²) in [5, 5.41) is 67.8. The summed E-state index contributed by atoms with van der Waals surface area (Å²) in [6.07, 6.45) is -1.01. The number of aromatic carboxylic acids is 4. The second kappa shape index (κ2) is 29.6. The molecular weight excluding hydrogens is 740 g/mol. The smallest absolute Gasteiger partial charge is 0.338 e. The molecule has 304 valence electrons. The first kappa shape index (κ1) is 50.3. The number of esters is 1. The molecule has 8 N–H and O–H groups in total. The second-order valence-corrected chi connectivity index (χ2v) is 12.0. The summed E-state index contributed by atoms with van der Waals surface area (Å²) >= 11 is 0. The summed E-state index contributed by atoms with van der Waals surface area (Å²) in [6, 6.07) is 41.7. The van der Waals surface area contributed by atoms with E-state index in [4.69, 9.17) is 45.6 Å². The van der Waals surface area contributed by atoms with Gasteiger partial charge < -0.3 is 45.6 Å². The van der Waals surface area contributed by atoms with E-state index in [9.17, 15) is 24.0 Å². The van der Waals surface area contributed by atoms with Crippen LogP contribution in [-0.4, -0.2) is 103 Å². The number of aliphatic hydroxyl groups excluding tert-OH is 4. The normalized spacial score (nSPS) is 10.1. The quantitative estimate of drug-likeness (QED) is 0.0787. The Morgan fingerprint density at radius 3 is 0.842 bits per heavy atom. The molecule has 0 aliphatic heterocycles. The van der Waals surface area contributed by atoms with Crippen molar-refractivity contribution in [3.8, 4) is 0 Å². The Labute approximate surface area is 330 Å². The number of ether oxygens (including phenoxy) is 1. The van der Waals surface area contributed by atoms with Crippen LogP contribution < -0.4 is 0 Å². The lowest BCUT2D eigenvalue weighted by Gasteiger charge is -2.16. The zero-order chi connectivity index (χ0) is 43.1. The van der Waals surface area contributed by atoms with Gasteiger partial charge in [-0.2, -0.15) is 0 Å². The van der Waals surface area contributed by atoms with E-state index in [1.165, 1.54) is 0 Å². The highest BCUT2D eigenvalue weighted by atomic mass is 16.5. The van der Waals surface area contributed by atoms with Gasteiger partial charge in [-0.3, -0.25) is 0 Å². The van der Waals surface area contributed by atoms with Crippen molar-refractivity contribution in [2.24, 2.45) is 5.41 Å². The standard InChI is InChI=1S/C10H12O4.4C7H6O2.C5H12O2/c11-6-9(12)7-14-10(13)8-4-2-1-3-5-8;4*8-7(9)6-4-2-1-3-5-6;1-5(2,3-6)4-7/h1-5,9,11-12H,6-7H2;4*1-5H,(H,8,9);6-7H,3-4H2,1-2H3. The average molecular weight is 789 g/mol. The molecule has 0 amide bonds. The highest BCUT2D eigenvalue weighted by molar-refractivity contribution is 5.89. The molecule has 1 unspecified atom stereocenters. The van der Waals surface area contributed by atoms with E-state index in [-0.39, 0.29) is 25.2 Å². The van der Waals surface area contributed by atoms with Crippen molar-refractivity contribution in [2.75, 3.05) is 26.4 Å². The average Bonchev–Trinajstić information content (AvgIpc) is 3.25. The van der Waals surface area contributed by atoms with E-state index in [1.54, 1.807) is 166 Å². The molecule has 5 aromatic rings. The molecule has 14 heteroatoms. The van der Waals surface area contributed by atoms with E-state index in [0.717, 1.165) is 0 Å². The minimum Gasteiger partial charge on any atom is -0.478 e. The number of hydrogen-bond donors (Lipinski definition) is 8. The maximum atomic E-state index is 11.3. The fraction of sp³-hybridized carbons (Fsp3) is 0.186. The van der Waals surface area contributed by atoms with Crippen molar-refractivity contribution >= 4 is 29.8 Å². The fourth-order valence-corrected chi connectivity index (χ4v) is 3.26. The Kier molecular flexibility index (Phi) is 26.1. The van der Waals surface area contributed by atoms with Crippen LogP contribution in [0.3, 0.4) is 0 Å². The molecule has 1 atom stereocenters. The number of carboxylic acids is 4. The summed E-state index contributed by atoms with van der Waals surface area (Å²) < 4.78 is 4.73. The van der Waals surface area contributed by atoms with Crippen LogP contribution in [0.1, 0.15) is 65.6 Å². The molecule has 0 fully saturated rings. The number of hydrogen-bond acceptors (Lipinski definition) is 10. The summed E-state index contributed by atoms with van der Waals surface area (Å²) in [6.45, 7) is 3.08. The molecule has 5 rings (SSSR count). The Hall–Kier alpha value is -6.71. The molecule has 57 heavy (non-hydrogen) atoms. The van der Waals surface area contributed by atoms with Crippen LogP contribution in [0.25, 0.3) is 0 Å². The molecule has 0 aliphatic rings. The molecule has 0 aliphatic carbocycles. The predicted octanol–water partition coefficient (Wildman–Crippen LogP) is 5.73. The predicted molar refractivity (Wildman–Crippen MR) is 211 cm³/mol. The van der Waals surface area contributed by atoms with Gasteiger partial charge in [-0.05, 0) is 60.7 Å². The SMILES string of the molecule is CC(C)(CO)CO.O=C(O)c1ccccc1.O=C(O)c1ccccc1.O=C(O)c1ccccc1.O=C(O)c1ccccc1.O=C(OCC(O)CO)c1ccccc1. The maximum absolute atomic E-state index is 11.3.